The Morgan fingerprint density at radius 2 is 1.50 bits per heavy atom. The van der Waals surface area contributed by atoms with Crippen LogP contribution in [0, 0.1) is 18.6 Å². The number of azo groups is 1. The summed E-state index contributed by atoms with van der Waals surface area (Å²) < 4.78 is 28.2. The molecule has 2 aromatic carbocycles. The van der Waals surface area contributed by atoms with Gasteiger partial charge in [-0.25, -0.2) is 13.8 Å². The first kappa shape index (κ1) is 16.1. The lowest BCUT2D eigenvalue weighted by molar-refractivity contribution is 0.627. The van der Waals surface area contributed by atoms with Crippen molar-refractivity contribution in [2.75, 3.05) is 0 Å². The number of imidazole rings is 1. The summed E-state index contributed by atoms with van der Waals surface area (Å²) in [5.41, 5.74) is 3.60. The normalized spacial score (nSPS) is 11.5. The lowest BCUT2D eigenvalue weighted by Crippen LogP contribution is -1.85. The quantitative estimate of drug-likeness (QED) is 0.418. The number of aryl methyl sites for hydroxylation is 1. The van der Waals surface area contributed by atoms with E-state index in [9.17, 15) is 8.78 Å². The van der Waals surface area contributed by atoms with E-state index in [1.165, 1.54) is 24.3 Å². The molecule has 4 rings (SSSR count). The van der Waals surface area contributed by atoms with E-state index in [0.717, 1.165) is 16.8 Å². The summed E-state index contributed by atoms with van der Waals surface area (Å²) in [6.45, 7) is 1.96. The second-order valence-corrected chi connectivity index (χ2v) is 5.85. The van der Waals surface area contributed by atoms with Crippen LogP contribution in [0.4, 0.5) is 20.3 Å². The van der Waals surface area contributed by atoms with Crippen molar-refractivity contribution in [1.29, 1.82) is 0 Å². The van der Waals surface area contributed by atoms with Crippen molar-refractivity contribution >= 4 is 17.2 Å². The van der Waals surface area contributed by atoms with Crippen LogP contribution in [-0.4, -0.2) is 9.38 Å². The van der Waals surface area contributed by atoms with Crippen molar-refractivity contribution in [1.82, 2.24) is 9.38 Å². The molecule has 2 aromatic heterocycles. The molecule has 0 N–H and O–H groups in total. The highest BCUT2D eigenvalue weighted by molar-refractivity contribution is 5.75. The van der Waals surface area contributed by atoms with Gasteiger partial charge in [0, 0.05) is 11.8 Å². The minimum atomic E-state index is -0.332. The SMILES string of the molecule is Cc1cccn2c(N=Nc3ccc(F)cc3)c(-c3ccc(F)cc3)nc12. The minimum absolute atomic E-state index is 0.316. The first-order valence-electron chi connectivity index (χ1n) is 8.03. The van der Waals surface area contributed by atoms with Gasteiger partial charge in [-0.1, -0.05) is 6.07 Å². The predicted molar refractivity (Wildman–Crippen MR) is 95.9 cm³/mol. The number of hydrogen-bond acceptors (Lipinski definition) is 3. The van der Waals surface area contributed by atoms with Crippen LogP contribution in [0.1, 0.15) is 5.56 Å². The molecule has 0 aliphatic rings. The average Bonchev–Trinajstić information content (AvgIpc) is 3.02. The summed E-state index contributed by atoms with van der Waals surface area (Å²) in [5, 5.41) is 8.54. The standard InChI is InChI=1S/C20H14F2N4/c1-13-3-2-12-26-19(13)23-18(14-4-6-15(21)7-5-14)20(26)25-24-17-10-8-16(22)9-11-17/h2-12H,1H3. The number of benzene rings is 2. The molecule has 0 radical (unpaired) electrons. The smallest absolute Gasteiger partial charge is 0.187 e. The number of rotatable bonds is 3. The number of halogens is 2. The Hall–Kier alpha value is -3.41. The Bertz CT molecular complexity index is 1100. The summed E-state index contributed by atoms with van der Waals surface area (Å²) in [7, 11) is 0. The molecule has 6 heteroatoms. The molecule has 0 aliphatic heterocycles. The van der Waals surface area contributed by atoms with Crippen molar-refractivity contribution in [2.45, 2.75) is 6.92 Å². The third kappa shape index (κ3) is 2.97. The Kier molecular flexibility index (Phi) is 4.01. The third-order valence-electron chi connectivity index (χ3n) is 4.02. The van der Waals surface area contributed by atoms with Gasteiger partial charge in [0.2, 0.25) is 0 Å². The Labute approximate surface area is 148 Å². The van der Waals surface area contributed by atoms with Gasteiger partial charge in [-0.15, -0.1) is 10.2 Å². The molecule has 0 unspecified atom stereocenters. The number of pyridine rings is 1. The van der Waals surface area contributed by atoms with Gasteiger partial charge in [-0.05, 0) is 67.1 Å². The fraction of sp³-hybridized carbons (Fsp3) is 0.0500. The second kappa shape index (κ2) is 6.48. The van der Waals surface area contributed by atoms with Crippen LogP contribution in [0.3, 0.4) is 0 Å². The van der Waals surface area contributed by atoms with Crippen molar-refractivity contribution < 1.29 is 8.78 Å². The number of aromatic nitrogens is 2. The molecule has 26 heavy (non-hydrogen) atoms. The lowest BCUT2D eigenvalue weighted by atomic mass is 10.1. The topological polar surface area (TPSA) is 42.0 Å². The first-order valence-corrected chi connectivity index (χ1v) is 8.03. The third-order valence-corrected chi connectivity index (χ3v) is 4.02. The Morgan fingerprint density at radius 3 is 2.19 bits per heavy atom. The Balaban J connectivity index is 1.88. The molecule has 0 spiro atoms. The molecule has 0 aliphatic carbocycles. The van der Waals surface area contributed by atoms with Gasteiger partial charge >= 0.3 is 0 Å². The highest BCUT2D eigenvalue weighted by Crippen LogP contribution is 2.33. The first-order chi connectivity index (χ1) is 12.6. The van der Waals surface area contributed by atoms with Gasteiger partial charge in [0.15, 0.2) is 5.82 Å². The molecule has 0 saturated carbocycles. The van der Waals surface area contributed by atoms with E-state index in [0.29, 0.717) is 17.2 Å². The zero-order valence-electron chi connectivity index (χ0n) is 13.9. The van der Waals surface area contributed by atoms with Gasteiger partial charge in [0.1, 0.15) is 23.0 Å². The summed E-state index contributed by atoms with van der Waals surface area (Å²) in [6.07, 6.45) is 1.85. The van der Waals surface area contributed by atoms with Crippen molar-refractivity contribution in [2.24, 2.45) is 10.2 Å². The molecule has 128 valence electrons. The maximum Gasteiger partial charge on any atom is 0.187 e. The van der Waals surface area contributed by atoms with Crippen LogP contribution in [0.15, 0.2) is 77.1 Å². The fourth-order valence-corrected chi connectivity index (χ4v) is 2.70. The van der Waals surface area contributed by atoms with E-state index in [1.807, 2.05) is 29.7 Å². The second-order valence-electron chi connectivity index (χ2n) is 5.85. The van der Waals surface area contributed by atoms with Crippen LogP contribution < -0.4 is 0 Å². The molecule has 4 nitrogen and oxygen atoms in total. The monoisotopic (exact) mass is 348 g/mol. The molecule has 4 aromatic rings. The van der Waals surface area contributed by atoms with E-state index in [4.69, 9.17) is 0 Å². The Morgan fingerprint density at radius 1 is 0.846 bits per heavy atom. The maximum absolute atomic E-state index is 13.3. The van der Waals surface area contributed by atoms with Crippen molar-refractivity contribution in [3.05, 3.63) is 84.1 Å². The van der Waals surface area contributed by atoms with Gasteiger partial charge in [-0.3, -0.25) is 4.40 Å². The number of nitrogens with zero attached hydrogens (tertiary/aromatic N) is 4. The number of hydrogen-bond donors (Lipinski definition) is 0. The average molecular weight is 348 g/mol. The molecule has 0 atom stereocenters. The molecule has 0 bridgehead atoms. The van der Waals surface area contributed by atoms with Crippen LogP contribution in [0.2, 0.25) is 0 Å². The summed E-state index contributed by atoms with van der Waals surface area (Å²) in [5.74, 6) is -0.121. The fourth-order valence-electron chi connectivity index (χ4n) is 2.70. The van der Waals surface area contributed by atoms with Gasteiger partial charge in [0.05, 0.1) is 5.69 Å². The lowest BCUT2D eigenvalue weighted by Gasteiger charge is -2.00. The zero-order valence-corrected chi connectivity index (χ0v) is 13.9. The van der Waals surface area contributed by atoms with Crippen LogP contribution in [0.5, 0.6) is 0 Å². The van der Waals surface area contributed by atoms with Gasteiger partial charge in [-0.2, -0.15) is 0 Å². The molecule has 2 heterocycles. The summed E-state index contributed by atoms with van der Waals surface area (Å²) >= 11 is 0. The highest BCUT2D eigenvalue weighted by atomic mass is 19.1. The van der Waals surface area contributed by atoms with E-state index in [-0.39, 0.29) is 11.6 Å². The molecule has 0 saturated heterocycles. The van der Waals surface area contributed by atoms with Crippen LogP contribution in [-0.2, 0) is 0 Å². The largest absolute Gasteiger partial charge is 0.282 e. The molecular formula is C20H14F2N4. The summed E-state index contributed by atoms with van der Waals surface area (Å²) in [6, 6.07) is 15.7. The summed E-state index contributed by atoms with van der Waals surface area (Å²) in [4.78, 5) is 4.67. The van der Waals surface area contributed by atoms with Crippen LogP contribution in [0.25, 0.3) is 16.9 Å². The van der Waals surface area contributed by atoms with E-state index in [1.54, 1.807) is 24.3 Å². The maximum atomic E-state index is 13.3. The zero-order chi connectivity index (χ0) is 18.1. The van der Waals surface area contributed by atoms with Gasteiger partial charge < -0.3 is 0 Å². The van der Waals surface area contributed by atoms with Crippen molar-refractivity contribution in [3.63, 3.8) is 0 Å². The van der Waals surface area contributed by atoms with Crippen LogP contribution >= 0.6 is 0 Å². The minimum Gasteiger partial charge on any atom is -0.282 e. The highest BCUT2D eigenvalue weighted by Gasteiger charge is 2.15. The predicted octanol–water partition coefficient (Wildman–Crippen LogP) is 6.00. The van der Waals surface area contributed by atoms with Gasteiger partial charge in [0.25, 0.3) is 0 Å². The van der Waals surface area contributed by atoms with E-state index >= 15 is 0 Å². The van der Waals surface area contributed by atoms with Crippen molar-refractivity contribution in [3.8, 4) is 11.3 Å². The molecule has 0 fully saturated rings. The molecular weight excluding hydrogens is 334 g/mol. The van der Waals surface area contributed by atoms with E-state index in [2.05, 4.69) is 15.2 Å². The number of fused-ring (bicyclic) bond motifs is 1. The van der Waals surface area contributed by atoms with E-state index < -0.39 is 0 Å². The molecule has 0 amide bonds.